The lowest BCUT2D eigenvalue weighted by Gasteiger charge is -2.01. The fraction of sp³-hybridized carbons (Fsp3) is 0.167. The van der Waals surface area contributed by atoms with Crippen LogP contribution in [0.15, 0.2) is 48.7 Å². The van der Waals surface area contributed by atoms with Gasteiger partial charge in [0.25, 0.3) is 0 Å². The van der Waals surface area contributed by atoms with Crippen LogP contribution in [0.5, 0.6) is 0 Å². The minimum absolute atomic E-state index is 0.200. The highest BCUT2D eigenvalue weighted by Crippen LogP contribution is 2.02. The van der Waals surface area contributed by atoms with Crippen molar-refractivity contribution < 1.29 is 4.39 Å². The Kier molecular flexibility index (Phi) is 3.92. The average molecular weight is 191 g/mol. The molecule has 0 heterocycles. The minimum Gasteiger partial charge on any atom is -0.387 e. The van der Waals surface area contributed by atoms with E-state index < -0.39 is 0 Å². The summed E-state index contributed by atoms with van der Waals surface area (Å²) in [4.78, 5) is 0. The molecular weight excluding hydrogens is 177 g/mol. The van der Waals surface area contributed by atoms with Crippen LogP contribution in [0.2, 0.25) is 0 Å². The molecule has 0 aliphatic heterocycles. The molecular formula is C12H14FN. The molecule has 0 radical (unpaired) electrons. The SMILES string of the molecule is C=C/C(C)=C\NCc1cccc(F)c1. The van der Waals surface area contributed by atoms with Gasteiger partial charge in [-0.05, 0) is 36.4 Å². The molecule has 0 fully saturated rings. The van der Waals surface area contributed by atoms with Crippen molar-refractivity contribution in [2.75, 3.05) is 0 Å². The van der Waals surface area contributed by atoms with Gasteiger partial charge in [-0.3, -0.25) is 0 Å². The molecule has 0 bridgehead atoms. The maximum absolute atomic E-state index is 12.8. The lowest BCUT2D eigenvalue weighted by molar-refractivity contribution is 0.624. The van der Waals surface area contributed by atoms with Crippen LogP contribution in [-0.4, -0.2) is 0 Å². The first-order chi connectivity index (χ1) is 6.72. The van der Waals surface area contributed by atoms with Crippen molar-refractivity contribution in [2.45, 2.75) is 13.5 Å². The van der Waals surface area contributed by atoms with Gasteiger partial charge in [-0.25, -0.2) is 4.39 Å². The third kappa shape index (κ3) is 3.44. The Labute approximate surface area is 84.0 Å². The number of halogens is 1. The summed E-state index contributed by atoms with van der Waals surface area (Å²) in [5.41, 5.74) is 1.99. The topological polar surface area (TPSA) is 12.0 Å². The Bertz CT molecular complexity index is 342. The van der Waals surface area contributed by atoms with Gasteiger partial charge in [0.05, 0.1) is 0 Å². The molecule has 1 nitrogen and oxygen atoms in total. The van der Waals surface area contributed by atoms with E-state index in [0.717, 1.165) is 11.1 Å². The molecule has 1 aromatic rings. The van der Waals surface area contributed by atoms with Crippen LogP contribution >= 0.6 is 0 Å². The van der Waals surface area contributed by atoms with Gasteiger partial charge in [-0.2, -0.15) is 0 Å². The van der Waals surface area contributed by atoms with Gasteiger partial charge in [0.15, 0.2) is 0 Å². The lowest BCUT2D eigenvalue weighted by Crippen LogP contribution is -2.05. The molecule has 1 N–H and O–H groups in total. The highest BCUT2D eigenvalue weighted by Gasteiger charge is 1.92. The zero-order valence-electron chi connectivity index (χ0n) is 8.26. The number of hydrogen-bond acceptors (Lipinski definition) is 1. The Morgan fingerprint density at radius 3 is 3.00 bits per heavy atom. The van der Waals surface area contributed by atoms with Gasteiger partial charge in [-0.1, -0.05) is 24.8 Å². The van der Waals surface area contributed by atoms with Crippen molar-refractivity contribution in [3.8, 4) is 0 Å². The van der Waals surface area contributed by atoms with Gasteiger partial charge >= 0.3 is 0 Å². The number of allylic oxidation sites excluding steroid dienone is 2. The predicted octanol–water partition coefficient (Wildman–Crippen LogP) is 3.01. The third-order valence-corrected chi connectivity index (χ3v) is 1.85. The second-order valence-corrected chi connectivity index (χ2v) is 3.10. The quantitative estimate of drug-likeness (QED) is 0.721. The molecule has 0 spiro atoms. The van der Waals surface area contributed by atoms with Crippen molar-refractivity contribution in [1.82, 2.24) is 5.32 Å². The largest absolute Gasteiger partial charge is 0.387 e. The molecule has 0 saturated carbocycles. The van der Waals surface area contributed by atoms with Crippen molar-refractivity contribution in [2.24, 2.45) is 0 Å². The highest BCUT2D eigenvalue weighted by molar-refractivity contribution is 5.17. The van der Waals surface area contributed by atoms with Gasteiger partial charge in [-0.15, -0.1) is 0 Å². The van der Waals surface area contributed by atoms with E-state index in [-0.39, 0.29) is 5.82 Å². The molecule has 0 atom stereocenters. The number of rotatable bonds is 4. The zero-order chi connectivity index (χ0) is 10.4. The molecule has 0 aromatic heterocycles. The van der Waals surface area contributed by atoms with Gasteiger partial charge < -0.3 is 5.32 Å². The first-order valence-electron chi connectivity index (χ1n) is 4.49. The fourth-order valence-corrected chi connectivity index (χ4v) is 1.04. The fourth-order valence-electron chi connectivity index (χ4n) is 1.04. The average Bonchev–Trinajstić information content (AvgIpc) is 2.17. The van der Waals surface area contributed by atoms with E-state index in [4.69, 9.17) is 0 Å². The summed E-state index contributed by atoms with van der Waals surface area (Å²) in [5, 5.41) is 3.08. The van der Waals surface area contributed by atoms with Crippen LogP contribution in [0.4, 0.5) is 4.39 Å². The van der Waals surface area contributed by atoms with Gasteiger partial charge in [0.1, 0.15) is 5.82 Å². The summed E-state index contributed by atoms with van der Waals surface area (Å²) in [6.45, 7) is 6.21. The molecule has 0 saturated heterocycles. The molecule has 14 heavy (non-hydrogen) atoms. The second-order valence-electron chi connectivity index (χ2n) is 3.10. The van der Waals surface area contributed by atoms with Crippen molar-refractivity contribution in [3.05, 3.63) is 60.1 Å². The summed E-state index contributed by atoms with van der Waals surface area (Å²) < 4.78 is 12.8. The van der Waals surface area contributed by atoms with Crippen molar-refractivity contribution in [1.29, 1.82) is 0 Å². The first-order valence-corrected chi connectivity index (χ1v) is 4.49. The van der Waals surface area contributed by atoms with Crippen LogP contribution in [0.25, 0.3) is 0 Å². The smallest absolute Gasteiger partial charge is 0.123 e. The van der Waals surface area contributed by atoms with E-state index in [1.807, 2.05) is 19.2 Å². The van der Waals surface area contributed by atoms with Crippen molar-refractivity contribution >= 4 is 0 Å². The summed E-state index contributed by atoms with van der Waals surface area (Å²) in [5.74, 6) is -0.200. The molecule has 0 aliphatic rings. The van der Waals surface area contributed by atoms with E-state index in [0.29, 0.717) is 6.54 Å². The van der Waals surface area contributed by atoms with E-state index in [2.05, 4.69) is 11.9 Å². The Hall–Kier alpha value is -1.57. The van der Waals surface area contributed by atoms with Gasteiger partial charge in [0.2, 0.25) is 0 Å². The monoisotopic (exact) mass is 191 g/mol. The Morgan fingerprint density at radius 2 is 2.36 bits per heavy atom. The number of benzene rings is 1. The molecule has 0 unspecified atom stereocenters. The summed E-state index contributed by atoms with van der Waals surface area (Å²) in [7, 11) is 0. The summed E-state index contributed by atoms with van der Waals surface area (Å²) >= 11 is 0. The molecule has 2 heteroatoms. The minimum atomic E-state index is -0.200. The zero-order valence-corrected chi connectivity index (χ0v) is 8.26. The molecule has 0 amide bonds. The van der Waals surface area contributed by atoms with E-state index in [1.165, 1.54) is 12.1 Å². The first kappa shape index (κ1) is 10.5. The standard InChI is InChI=1S/C12H14FN/c1-3-10(2)8-14-9-11-5-4-6-12(13)7-11/h3-8,14H,1,9H2,2H3/b10-8-. The highest BCUT2D eigenvalue weighted by atomic mass is 19.1. The Balaban J connectivity index is 2.50. The molecule has 0 aliphatic carbocycles. The van der Waals surface area contributed by atoms with Crippen LogP contribution in [0, 0.1) is 5.82 Å². The third-order valence-electron chi connectivity index (χ3n) is 1.85. The molecule has 1 aromatic carbocycles. The van der Waals surface area contributed by atoms with Crippen LogP contribution < -0.4 is 5.32 Å². The maximum atomic E-state index is 12.8. The molecule has 1 rings (SSSR count). The number of hydrogen-bond donors (Lipinski definition) is 1. The van der Waals surface area contributed by atoms with Crippen molar-refractivity contribution in [3.63, 3.8) is 0 Å². The second kappa shape index (κ2) is 5.22. The lowest BCUT2D eigenvalue weighted by atomic mass is 10.2. The van der Waals surface area contributed by atoms with E-state index >= 15 is 0 Å². The normalized spacial score (nSPS) is 11.1. The molecule has 74 valence electrons. The van der Waals surface area contributed by atoms with Crippen LogP contribution in [0.3, 0.4) is 0 Å². The predicted molar refractivity (Wildman–Crippen MR) is 57.2 cm³/mol. The maximum Gasteiger partial charge on any atom is 0.123 e. The number of nitrogens with one attached hydrogen (secondary N) is 1. The summed E-state index contributed by atoms with van der Waals surface area (Å²) in [6, 6.07) is 6.54. The summed E-state index contributed by atoms with van der Waals surface area (Å²) in [6.07, 6.45) is 3.62. The van der Waals surface area contributed by atoms with Crippen LogP contribution in [-0.2, 0) is 6.54 Å². The van der Waals surface area contributed by atoms with Crippen LogP contribution in [0.1, 0.15) is 12.5 Å². The van der Waals surface area contributed by atoms with E-state index in [1.54, 1.807) is 12.1 Å². The van der Waals surface area contributed by atoms with E-state index in [9.17, 15) is 4.39 Å². The van der Waals surface area contributed by atoms with Gasteiger partial charge in [0, 0.05) is 6.54 Å². The Morgan fingerprint density at radius 1 is 1.57 bits per heavy atom.